The first-order chi connectivity index (χ1) is 7.86. The van der Waals surface area contributed by atoms with Crippen molar-refractivity contribution in [3.63, 3.8) is 0 Å². The Morgan fingerprint density at radius 1 is 1.12 bits per heavy atom. The summed E-state index contributed by atoms with van der Waals surface area (Å²) >= 11 is 1.73. The molecule has 1 aliphatic heterocycles. The second-order valence-electron chi connectivity index (χ2n) is 3.77. The fourth-order valence-electron chi connectivity index (χ4n) is 1.97. The number of pyridine rings is 1. The molecule has 1 N–H and O–H groups in total. The second-order valence-corrected chi connectivity index (χ2v) is 4.79. The lowest BCUT2D eigenvalue weighted by Gasteiger charge is -2.12. The molecule has 1 atom stereocenters. The number of aliphatic hydroxyl groups is 1. The van der Waals surface area contributed by atoms with Gasteiger partial charge in [0.1, 0.15) is 6.10 Å². The predicted octanol–water partition coefficient (Wildman–Crippen LogP) is 2.77. The van der Waals surface area contributed by atoms with Gasteiger partial charge in [-0.1, -0.05) is 24.3 Å². The molecule has 0 saturated carbocycles. The van der Waals surface area contributed by atoms with Crippen LogP contribution in [0, 0.1) is 0 Å². The van der Waals surface area contributed by atoms with Crippen LogP contribution in [0.3, 0.4) is 0 Å². The molecule has 2 heterocycles. The molecule has 1 aliphatic rings. The Balaban J connectivity index is 2.18. The molecule has 16 heavy (non-hydrogen) atoms. The van der Waals surface area contributed by atoms with Crippen LogP contribution in [0.15, 0.2) is 47.5 Å². The highest BCUT2D eigenvalue weighted by atomic mass is 32.2. The van der Waals surface area contributed by atoms with Crippen molar-refractivity contribution >= 4 is 11.8 Å². The topological polar surface area (TPSA) is 33.1 Å². The molecule has 1 aromatic carbocycles. The minimum atomic E-state index is -0.546. The van der Waals surface area contributed by atoms with Gasteiger partial charge >= 0.3 is 0 Å². The van der Waals surface area contributed by atoms with Crippen LogP contribution in [0.5, 0.6) is 0 Å². The summed E-state index contributed by atoms with van der Waals surface area (Å²) < 4.78 is 0. The number of hydrogen-bond acceptors (Lipinski definition) is 3. The minimum absolute atomic E-state index is 0.546. The van der Waals surface area contributed by atoms with Crippen LogP contribution in [0.1, 0.15) is 22.9 Å². The predicted molar refractivity (Wildman–Crippen MR) is 64.3 cm³/mol. The van der Waals surface area contributed by atoms with Crippen molar-refractivity contribution in [3.05, 3.63) is 59.4 Å². The van der Waals surface area contributed by atoms with E-state index in [9.17, 15) is 5.11 Å². The summed E-state index contributed by atoms with van der Waals surface area (Å²) in [5, 5.41) is 10.3. The minimum Gasteiger partial charge on any atom is -0.384 e. The highest BCUT2D eigenvalue weighted by Crippen LogP contribution is 2.38. The molecule has 0 spiro atoms. The zero-order valence-electron chi connectivity index (χ0n) is 8.63. The van der Waals surface area contributed by atoms with E-state index >= 15 is 0 Å². The van der Waals surface area contributed by atoms with E-state index in [0.29, 0.717) is 0 Å². The molecule has 0 aliphatic carbocycles. The lowest BCUT2D eigenvalue weighted by atomic mass is 10.0. The Hall–Kier alpha value is -1.32. The lowest BCUT2D eigenvalue weighted by Crippen LogP contribution is -2.02. The summed E-state index contributed by atoms with van der Waals surface area (Å²) in [4.78, 5) is 5.48. The Morgan fingerprint density at radius 3 is 2.88 bits per heavy atom. The molecule has 0 saturated heterocycles. The van der Waals surface area contributed by atoms with Crippen molar-refractivity contribution in [2.45, 2.75) is 16.8 Å². The highest BCUT2D eigenvalue weighted by Gasteiger charge is 2.21. The molecular weight excluding hydrogens is 218 g/mol. The van der Waals surface area contributed by atoms with E-state index in [1.807, 2.05) is 30.3 Å². The average Bonchev–Trinajstić information content (AvgIpc) is 2.49. The lowest BCUT2D eigenvalue weighted by molar-refractivity contribution is 0.216. The molecule has 2 nitrogen and oxygen atoms in total. The van der Waals surface area contributed by atoms with Crippen molar-refractivity contribution < 1.29 is 5.11 Å². The van der Waals surface area contributed by atoms with Crippen molar-refractivity contribution in [1.29, 1.82) is 0 Å². The molecule has 0 fully saturated rings. The van der Waals surface area contributed by atoms with Gasteiger partial charge in [-0.3, -0.25) is 4.98 Å². The average molecular weight is 229 g/mol. The van der Waals surface area contributed by atoms with Crippen LogP contribution in [0.2, 0.25) is 0 Å². The fraction of sp³-hybridized carbons (Fsp3) is 0.154. The van der Waals surface area contributed by atoms with Gasteiger partial charge in [-0.15, -0.1) is 11.8 Å². The van der Waals surface area contributed by atoms with Crippen LogP contribution in [-0.2, 0) is 5.75 Å². The molecule has 0 unspecified atom stereocenters. The zero-order chi connectivity index (χ0) is 11.0. The first-order valence-electron chi connectivity index (χ1n) is 5.20. The molecule has 2 aromatic rings. The van der Waals surface area contributed by atoms with E-state index in [-0.39, 0.29) is 0 Å². The Bertz CT molecular complexity index is 479. The van der Waals surface area contributed by atoms with Crippen molar-refractivity contribution in [1.82, 2.24) is 4.98 Å². The molecule has 3 heteroatoms. The van der Waals surface area contributed by atoms with Crippen molar-refractivity contribution in [3.8, 4) is 0 Å². The van der Waals surface area contributed by atoms with Gasteiger partial charge in [-0.25, -0.2) is 0 Å². The summed E-state index contributed by atoms with van der Waals surface area (Å²) in [5.41, 5.74) is 2.90. The zero-order valence-corrected chi connectivity index (χ0v) is 9.45. The van der Waals surface area contributed by atoms with E-state index < -0.39 is 6.10 Å². The molecular formula is C13H11NOS. The molecule has 1 aromatic heterocycles. The van der Waals surface area contributed by atoms with Crippen LogP contribution in [-0.4, -0.2) is 10.1 Å². The first kappa shape index (κ1) is 9.87. The smallest absolute Gasteiger partial charge is 0.107 e. The van der Waals surface area contributed by atoms with E-state index in [1.54, 1.807) is 18.0 Å². The maximum Gasteiger partial charge on any atom is 0.107 e. The van der Waals surface area contributed by atoms with E-state index in [2.05, 4.69) is 11.1 Å². The number of hydrogen-bond donors (Lipinski definition) is 1. The van der Waals surface area contributed by atoms with E-state index in [0.717, 1.165) is 27.5 Å². The maximum atomic E-state index is 10.3. The number of nitrogens with zero attached hydrogens (tertiary/aromatic N) is 1. The fourth-order valence-corrected chi connectivity index (χ4v) is 3.03. The van der Waals surface area contributed by atoms with Gasteiger partial charge in [0.15, 0.2) is 0 Å². The van der Waals surface area contributed by atoms with Gasteiger partial charge in [0.25, 0.3) is 0 Å². The van der Waals surface area contributed by atoms with Gasteiger partial charge in [-0.2, -0.15) is 0 Å². The van der Waals surface area contributed by atoms with Gasteiger partial charge in [0.2, 0.25) is 0 Å². The maximum absolute atomic E-state index is 10.3. The number of benzene rings is 1. The van der Waals surface area contributed by atoms with Gasteiger partial charge < -0.3 is 5.11 Å². The highest BCUT2D eigenvalue weighted by molar-refractivity contribution is 7.98. The molecule has 80 valence electrons. The number of aromatic nitrogens is 1. The number of fused-ring (bicyclic) bond motifs is 2. The summed E-state index contributed by atoms with van der Waals surface area (Å²) in [7, 11) is 0. The second kappa shape index (κ2) is 3.92. The summed E-state index contributed by atoms with van der Waals surface area (Å²) in [6.07, 6.45) is 1.23. The van der Waals surface area contributed by atoms with Gasteiger partial charge in [0, 0.05) is 22.4 Å². The molecule has 0 bridgehead atoms. The SMILES string of the molecule is O[C@H]1c2ccccc2SCc2ncccc21. The Kier molecular flexibility index (Phi) is 2.42. The number of aliphatic hydroxyl groups excluding tert-OH is 1. The monoisotopic (exact) mass is 229 g/mol. The molecule has 0 amide bonds. The summed E-state index contributed by atoms with van der Waals surface area (Å²) in [5.74, 6) is 0.824. The van der Waals surface area contributed by atoms with E-state index in [1.165, 1.54) is 0 Å². The third-order valence-electron chi connectivity index (χ3n) is 2.80. The summed E-state index contributed by atoms with van der Waals surface area (Å²) in [6, 6.07) is 11.8. The molecule has 3 rings (SSSR count). The normalized spacial score (nSPS) is 18.4. The number of rotatable bonds is 0. The Labute approximate surface area is 98.3 Å². The third kappa shape index (κ3) is 1.52. The van der Waals surface area contributed by atoms with Gasteiger partial charge in [0.05, 0.1) is 5.69 Å². The number of thioether (sulfide) groups is 1. The summed E-state index contributed by atoms with van der Waals surface area (Å²) in [6.45, 7) is 0. The van der Waals surface area contributed by atoms with Crippen LogP contribution in [0.25, 0.3) is 0 Å². The molecule has 0 radical (unpaired) electrons. The third-order valence-corrected chi connectivity index (χ3v) is 3.90. The van der Waals surface area contributed by atoms with Crippen LogP contribution in [0.4, 0.5) is 0 Å². The standard InChI is InChI=1S/C13H11NOS/c15-13-9-5-3-7-14-11(9)8-16-12-6-2-1-4-10(12)13/h1-7,13,15H,8H2/t13-/m1/s1. The van der Waals surface area contributed by atoms with Crippen molar-refractivity contribution in [2.24, 2.45) is 0 Å². The first-order valence-corrected chi connectivity index (χ1v) is 6.18. The Morgan fingerprint density at radius 2 is 1.94 bits per heavy atom. The van der Waals surface area contributed by atoms with Crippen molar-refractivity contribution in [2.75, 3.05) is 0 Å². The quantitative estimate of drug-likeness (QED) is 0.754. The van der Waals surface area contributed by atoms with Crippen LogP contribution < -0.4 is 0 Å². The van der Waals surface area contributed by atoms with Gasteiger partial charge in [-0.05, 0) is 17.7 Å². The van der Waals surface area contributed by atoms with Crippen LogP contribution >= 0.6 is 11.8 Å². The largest absolute Gasteiger partial charge is 0.384 e. The van der Waals surface area contributed by atoms with E-state index in [4.69, 9.17) is 0 Å².